The van der Waals surface area contributed by atoms with Gasteiger partial charge in [-0.3, -0.25) is 0 Å². The maximum absolute atomic E-state index is 12.4. The fraction of sp³-hybridized carbons (Fsp3) is 0.500. The molecule has 2 aliphatic rings. The molecule has 0 bridgehead atoms. The number of rotatable bonds is 3. The molecule has 0 aromatic carbocycles. The summed E-state index contributed by atoms with van der Waals surface area (Å²) in [6, 6.07) is 4.04. The molecule has 1 aliphatic carbocycles. The third-order valence-electron chi connectivity index (χ3n) is 3.72. The summed E-state index contributed by atoms with van der Waals surface area (Å²) in [7, 11) is 0. The van der Waals surface area contributed by atoms with Gasteiger partial charge in [0.1, 0.15) is 0 Å². The summed E-state index contributed by atoms with van der Waals surface area (Å²) in [4.78, 5) is 18.5. The van der Waals surface area contributed by atoms with Crippen LogP contribution in [0.1, 0.15) is 41.8 Å². The monoisotopic (exact) mass is 327 g/mol. The number of nitrogens with zero attached hydrogens (tertiary/aromatic N) is 1. The molecule has 0 radical (unpaired) electrons. The maximum atomic E-state index is 12.4. The van der Waals surface area contributed by atoms with Crippen molar-refractivity contribution >= 4 is 32.0 Å². The van der Waals surface area contributed by atoms with E-state index in [9.17, 15) is 4.79 Å². The average Bonchev–Trinajstić information content (AvgIpc) is 3.06. The third kappa shape index (κ3) is 2.22. The zero-order valence-electron chi connectivity index (χ0n) is 10.5. The van der Waals surface area contributed by atoms with E-state index in [2.05, 4.69) is 16.8 Å². The topological polar surface area (TPSA) is 20.3 Å². The molecular weight excluding hydrogens is 309 g/mol. The van der Waals surface area contributed by atoms with E-state index in [0.717, 1.165) is 10.3 Å². The zero-order chi connectivity index (χ0) is 12.5. The van der Waals surface area contributed by atoms with Crippen molar-refractivity contribution in [1.29, 1.82) is 0 Å². The molecule has 0 fully saturated rings. The van der Waals surface area contributed by atoms with Crippen molar-refractivity contribution < 1.29 is 4.79 Å². The number of hydrogen-bond acceptors (Lipinski definition) is 3. The fourth-order valence-corrected chi connectivity index (χ4v) is 5.58. The third-order valence-corrected chi connectivity index (χ3v) is 6.78. The van der Waals surface area contributed by atoms with Crippen LogP contribution in [0.15, 0.2) is 27.7 Å². The molecule has 96 valence electrons. The average molecular weight is 326 g/mol. The number of carbonyl (C=O) groups excluding carboxylic acids is 1. The molecule has 0 amide bonds. The molecule has 1 atom stereocenters. The molecule has 2 nitrogen and oxygen atoms in total. The van der Waals surface area contributed by atoms with Crippen molar-refractivity contribution in [3.05, 3.63) is 32.1 Å². The second-order valence-electron chi connectivity index (χ2n) is 4.84. The fourth-order valence-electron chi connectivity index (χ4n) is 2.66. The molecule has 1 aliphatic heterocycles. The molecule has 1 aromatic heterocycles. The van der Waals surface area contributed by atoms with Crippen LogP contribution in [-0.4, -0.2) is 37.1 Å². The van der Waals surface area contributed by atoms with E-state index in [1.807, 2.05) is 23.9 Å². The van der Waals surface area contributed by atoms with Crippen molar-refractivity contribution in [2.75, 3.05) is 5.88 Å². The summed E-state index contributed by atoms with van der Waals surface area (Å²) >= 11 is 2.21. The number of carbonyl (C=O) groups is 1. The van der Waals surface area contributed by atoms with Gasteiger partial charge in [-0.05, 0) is 0 Å². The minimum absolute atomic E-state index is 0.0242. The Balaban J connectivity index is 1.79. The molecule has 0 N–H and O–H groups in total. The van der Waals surface area contributed by atoms with E-state index in [-0.39, 0.29) is 20.5 Å². The van der Waals surface area contributed by atoms with Gasteiger partial charge in [-0.2, -0.15) is 0 Å². The molecule has 18 heavy (non-hydrogen) atoms. The SMILES string of the molecule is CC(C(=O)c1ccc[se]1)N1CSC2=C1CCCC2. The predicted octanol–water partition coefficient (Wildman–Crippen LogP) is 3.11. The van der Waals surface area contributed by atoms with Gasteiger partial charge in [-0.15, -0.1) is 0 Å². The molecule has 0 saturated heterocycles. The Morgan fingerprint density at radius 3 is 3.06 bits per heavy atom. The first kappa shape index (κ1) is 12.6. The van der Waals surface area contributed by atoms with E-state index in [4.69, 9.17) is 0 Å². The summed E-state index contributed by atoms with van der Waals surface area (Å²) in [6.07, 6.45) is 5.00. The molecular formula is C14H17NOSSe. The van der Waals surface area contributed by atoms with Crippen LogP contribution in [0.3, 0.4) is 0 Å². The van der Waals surface area contributed by atoms with Crippen LogP contribution >= 0.6 is 11.8 Å². The summed E-state index contributed by atoms with van der Waals surface area (Å²) < 4.78 is 1.03. The van der Waals surface area contributed by atoms with Gasteiger partial charge in [0, 0.05) is 0 Å². The van der Waals surface area contributed by atoms with Crippen LogP contribution in [0, 0.1) is 0 Å². The second kappa shape index (κ2) is 5.28. The van der Waals surface area contributed by atoms with E-state index in [1.54, 1.807) is 4.91 Å². The van der Waals surface area contributed by atoms with Crippen molar-refractivity contribution in [3.63, 3.8) is 0 Å². The van der Waals surface area contributed by atoms with Crippen LogP contribution in [0.2, 0.25) is 0 Å². The van der Waals surface area contributed by atoms with Gasteiger partial charge >= 0.3 is 118 Å². The first-order chi connectivity index (χ1) is 8.77. The first-order valence-electron chi connectivity index (χ1n) is 6.46. The Morgan fingerprint density at radius 1 is 1.44 bits per heavy atom. The summed E-state index contributed by atoms with van der Waals surface area (Å²) in [6.45, 7) is 2.07. The number of hydrogen-bond donors (Lipinski definition) is 0. The van der Waals surface area contributed by atoms with Gasteiger partial charge < -0.3 is 0 Å². The van der Waals surface area contributed by atoms with Crippen molar-refractivity contribution in [2.45, 2.75) is 38.6 Å². The van der Waals surface area contributed by atoms with E-state index >= 15 is 0 Å². The van der Waals surface area contributed by atoms with Crippen molar-refractivity contribution in [1.82, 2.24) is 4.90 Å². The predicted molar refractivity (Wildman–Crippen MR) is 77.0 cm³/mol. The van der Waals surface area contributed by atoms with Gasteiger partial charge in [0.05, 0.1) is 0 Å². The quantitative estimate of drug-likeness (QED) is 0.629. The van der Waals surface area contributed by atoms with Gasteiger partial charge in [0.25, 0.3) is 0 Å². The Kier molecular flexibility index (Phi) is 3.69. The first-order valence-corrected chi connectivity index (χ1v) is 9.29. The van der Waals surface area contributed by atoms with Crippen LogP contribution in [0.5, 0.6) is 0 Å². The molecule has 2 heterocycles. The molecule has 4 heteroatoms. The van der Waals surface area contributed by atoms with Gasteiger partial charge in [0.2, 0.25) is 0 Å². The summed E-state index contributed by atoms with van der Waals surface area (Å²) in [5, 5.41) is 0. The van der Waals surface area contributed by atoms with E-state index in [0.29, 0.717) is 5.78 Å². The number of thioether (sulfide) groups is 1. The van der Waals surface area contributed by atoms with Crippen LogP contribution in [0.4, 0.5) is 0 Å². The zero-order valence-corrected chi connectivity index (χ0v) is 13.0. The van der Waals surface area contributed by atoms with Gasteiger partial charge in [0.15, 0.2) is 0 Å². The number of ketones is 1. The van der Waals surface area contributed by atoms with Crippen LogP contribution in [0.25, 0.3) is 0 Å². The van der Waals surface area contributed by atoms with E-state index in [1.165, 1.54) is 31.4 Å². The molecule has 0 spiro atoms. The van der Waals surface area contributed by atoms with Crippen LogP contribution < -0.4 is 0 Å². The standard InChI is InChI=1S/C14H17NOSSe/c1-10(14(16)13-7-4-8-18-13)15-9-17-12-6-3-2-5-11(12)15/h4,7-8,10H,2-3,5-6,9H2,1H3. The van der Waals surface area contributed by atoms with Gasteiger partial charge in [-0.25, -0.2) is 0 Å². The Hall–Kier alpha value is -0.441. The second-order valence-corrected chi connectivity index (χ2v) is 7.87. The number of allylic oxidation sites excluding steroid dienone is 2. The van der Waals surface area contributed by atoms with Crippen molar-refractivity contribution in [2.24, 2.45) is 0 Å². The summed E-state index contributed by atoms with van der Waals surface area (Å²) in [5.41, 5.74) is 1.46. The molecule has 3 rings (SSSR count). The Labute approximate surface area is 118 Å². The summed E-state index contributed by atoms with van der Waals surface area (Å²) in [5.74, 6) is 1.31. The molecule has 1 unspecified atom stereocenters. The number of Topliss-reactive ketones (excluding diaryl/α,β-unsaturated/α-hetero) is 1. The molecule has 1 aromatic rings. The van der Waals surface area contributed by atoms with Crippen molar-refractivity contribution in [3.8, 4) is 0 Å². The normalized spacial score (nSPS) is 21.1. The van der Waals surface area contributed by atoms with Gasteiger partial charge in [-0.1, -0.05) is 0 Å². The Morgan fingerprint density at radius 2 is 2.28 bits per heavy atom. The Bertz CT molecular complexity index is 480. The molecule has 0 saturated carbocycles. The van der Waals surface area contributed by atoms with Crippen LogP contribution in [-0.2, 0) is 0 Å². The van der Waals surface area contributed by atoms with E-state index < -0.39 is 0 Å². The minimum atomic E-state index is 0.0242.